The van der Waals surface area contributed by atoms with E-state index in [4.69, 9.17) is 70.2 Å². The van der Waals surface area contributed by atoms with Gasteiger partial charge in [0.25, 0.3) is 0 Å². The minimum Gasteiger partial charge on any atom is -0.391 e. The third-order valence-corrected chi connectivity index (χ3v) is 58.0. The van der Waals surface area contributed by atoms with Gasteiger partial charge in [0, 0.05) is 66.8 Å². The fraction of sp³-hybridized carbons (Fsp3) is 0.442. The average molecular weight is 1640 g/mol. The Morgan fingerprint density at radius 1 is 0.216 bits per heavy atom. The van der Waals surface area contributed by atoms with Crippen molar-refractivity contribution in [3.8, 4) is 0 Å². The monoisotopic (exact) mass is 1640 g/mol. The fourth-order valence-electron chi connectivity index (χ4n) is 18.7. The third kappa shape index (κ3) is 17.6. The zero-order chi connectivity index (χ0) is 76.0. The van der Waals surface area contributed by atoms with Crippen LogP contribution in [0.25, 0.3) is 0 Å². The SMILES string of the molecule is CO[Si](CCC1CCC2OC2C1)(O[Si](CCC1CCC2OC2C1)(O[Si](CCC1CCC2OC2C1)(O[Si](CCC1CCC2OC2C1)(OC)O[Si](OC)(c1ccccc1)c1ccccc1)O[Si](OC)(c1ccccc1)c1ccccc1)O[Si](OC)(c1ccccc1)c1ccccc1)O[Si](OC)(c1ccccc1)c1ccccc1. The van der Waals surface area contributed by atoms with Crippen LogP contribution in [0.2, 0.25) is 24.2 Å². The molecule has 8 aromatic carbocycles. The Labute approximate surface area is 665 Å². The molecule has 16 unspecified atom stereocenters. The van der Waals surface area contributed by atoms with Gasteiger partial charge in [-0.1, -0.05) is 243 Å². The highest BCUT2D eigenvalue weighted by Crippen LogP contribution is 2.49. The van der Waals surface area contributed by atoms with Crippen molar-refractivity contribution >= 4 is 111 Å². The van der Waals surface area contributed by atoms with Gasteiger partial charge in [-0.15, -0.1) is 0 Å². The maximum Gasteiger partial charge on any atom is 0.484 e. The number of hydrogen-bond donors (Lipinski definition) is 0. The summed E-state index contributed by atoms with van der Waals surface area (Å²) in [5.74, 6) is 0.837. The molecule has 4 saturated carbocycles. The van der Waals surface area contributed by atoms with E-state index in [1.807, 2.05) is 48.5 Å². The van der Waals surface area contributed by atoms with Crippen molar-refractivity contribution in [2.24, 2.45) is 23.7 Å². The molecule has 0 amide bonds. The third-order valence-electron chi connectivity index (χ3n) is 25.0. The van der Waals surface area contributed by atoms with Gasteiger partial charge in [0.1, 0.15) is 0 Å². The lowest BCUT2D eigenvalue weighted by atomic mass is 9.88. The number of hydrogen-bond acceptors (Lipinski definition) is 17. The molecule has 0 bridgehead atoms. The first-order valence-corrected chi connectivity index (χ1v) is 55.6. The van der Waals surface area contributed by atoms with Gasteiger partial charge in [-0.3, -0.25) is 0 Å². The van der Waals surface area contributed by atoms with Crippen molar-refractivity contribution < 1.29 is 74.3 Å². The molecule has 4 heterocycles. The lowest BCUT2D eigenvalue weighted by molar-refractivity contribution is 0.0830. The summed E-state index contributed by atoms with van der Waals surface area (Å²) in [6.45, 7) is 0. The normalized spacial score (nSPS) is 26.9. The molecule has 16 atom stereocenters. The van der Waals surface area contributed by atoms with Gasteiger partial charge in [-0.2, -0.15) is 0 Å². The molecule has 111 heavy (non-hydrogen) atoms. The van der Waals surface area contributed by atoms with Crippen molar-refractivity contribution in [1.82, 2.24) is 0 Å². The highest BCUT2D eigenvalue weighted by Gasteiger charge is 2.70. The summed E-state index contributed by atoms with van der Waals surface area (Å²) in [4.78, 5) is 0. The van der Waals surface area contributed by atoms with Crippen LogP contribution >= 0.6 is 0 Å². The lowest BCUT2D eigenvalue weighted by Crippen LogP contribution is -2.78. The number of epoxide rings is 4. The largest absolute Gasteiger partial charge is 0.484 e. The van der Waals surface area contributed by atoms with Gasteiger partial charge in [0.15, 0.2) is 0 Å². The highest BCUT2D eigenvalue weighted by molar-refractivity contribution is 7.03. The number of rotatable bonds is 40. The Bertz CT molecular complexity index is 3820. The van der Waals surface area contributed by atoms with Crippen molar-refractivity contribution in [3.63, 3.8) is 0 Å². The molecule has 8 aromatic rings. The summed E-state index contributed by atoms with van der Waals surface area (Å²) in [7, 11) is -25.1. The molecule has 4 aliphatic heterocycles. The average Bonchev–Trinajstić information content (AvgIpc) is 1.73. The van der Waals surface area contributed by atoms with Crippen LogP contribution in [0.4, 0.5) is 0 Å². The van der Waals surface area contributed by atoms with E-state index in [-0.39, 0.29) is 84.6 Å². The first kappa shape index (κ1) is 79.6. The van der Waals surface area contributed by atoms with Crippen LogP contribution in [-0.2, 0) is 74.3 Å². The Hall–Kier alpha value is -5.18. The second-order valence-corrected chi connectivity index (χ2v) is 57.0. The molecular formula is C86H110O17Si8. The van der Waals surface area contributed by atoms with Crippen LogP contribution in [-0.4, -0.2) is 161 Å². The lowest BCUT2D eigenvalue weighted by Gasteiger charge is -2.51. The first-order chi connectivity index (χ1) is 54.3. The predicted octanol–water partition coefficient (Wildman–Crippen LogP) is 11.6. The van der Waals surface area contributed by atoms with Crippen LogP contribution in [0.5, 0.6) is 0 Å². The van der Waals surface area contributed by atoms with E-state index < -0.39 is 69.5 Å². The van der Waals surface area contributed by atoms with Crippen molar-refractivity contribution in [3.05, 3.63) is 243 Å². The maximum absolute atomic E-state index is 9.44. The maximum atomic E-state index is 9.44. The topological polar surface area (TPSA) is 170 Å². The van der Waals surface area contributed by atoms with Crippen molar-refractivity contribution in [2.45, 2.75) is 176 Å². The molecule has 17 nitrogen and oxygen atoms in total. The van der Waals surface area contributed by atoms with Gasteiger partial charge in [0.2, 0.25) is 0 Å². The second-order valence-electron chi connectivity index (χ2n) is 31.8. The van der Waals surface area contributed by atoms with E-state index in [2.05, 4.69) is 194 Å². The molecule has 588 valence electrons. The molecule has 25 heteroatoms. The molecule has 0 aromatic heterocycles. The number of benzene rings is 8. The van der Waals surface area contributed by atoms with Gasteiger partial charge in [-0.05, 0) is 168 Å². The van der Waals surface area contributed by atoms with E-state index in [1.54, 1.807) is 42.7 Å². The minimum atomic E-state index is -5.10. The number of ether oxygens (including phenoxy) is 4. The molecule has 8 aliphatic rings. The molecular weight excluding hydrogens is 1530 g/mol. The van der Waals surface area contributed by atoms with E-state index in [0.29, 0.717) is 37.8 Å². The Morgan fingerprint density at radius 3 is 0.577 bits per heavy atom. The van der Waals surface area contributed by atoms with Crippen molar-refractivity contribution in [2.75, 3.05) is 42.7 Å². The second kappa shape index (κ2) is 34.9. The van der Waals surface area contributed by atoms with Crippen LogP contribution in [0.3, 0.4) is 0 Å². The first-order valence-electron chi connectivity index (χ1n) is 40.6. The summed E-state index contributed by atoms with van der Waals surface area (Å²) in [5, 5.41) is 6.93. The van der Waals surface area contributed by atoms with Crippen LogP contribution in [0.15, 0.2) is 243 Å². The molecule has 0 radical (unpaired) electrons. The minimum absolute atomic E-state index is 0.150. The van der Waals surface area contributed by atoms with Crippen molar-refractivity contribution in [1.29, 1.82) is 0 Å². The summed E-state index contributed by atoms with van der Waals surface area (Å²) in [5.41, 5.74) is 0. The van der Waals surface area contributed by atoms with Gasteiger partial charge in [0.05, 0.1) is 48.8 Å². The molecule has 4 saturated heterocycles. The van der Waals surface area contributed by atoms with Gasteiger partial charge < -0.3 is 74.3 Å². The zero-order valence-corrected chi connectivity index (χ0v) is 73.1. The van der Waals surface area contributed by atoms with Crippen LogP contribution in [0.1, 0.15) is 103 Å². The predicted molar refractivity (Wildman–Crippen MR) is 446 cm³/mol. The quantitative estimate of drug-likeness (QED) is 0.0262. The summed E-state index contributed by atoms with van der Waals surface area (Å²) < 4.78 is 133. The standard InChI is InChI=1S/C86H110O17Si8/c1-87-104(59-55-67-47-51-79-83(63-67)93-79,100-108(89-3,71-31-15-7-16-32-71)72-33-17-8-18-34-72)97-106(61-57-69-49-53-81-85(65-69)95-81,102-110(91-5,75-39-23-11-24-40-75)76-41-25-12-26-42-76)99-107(62-58-70-50-54-82-86(66-70)96-82,103-111(92-6,77-43-27-13-28-44-77)78-45-29-14-30-46-78)98-105(88-2,60-56-68-48-52-80-84(64-68)94-80)101-109(90-4,73-35-19-9-20-36-73)74-37-21-10-22-38-74/h7-46,67-70,79-86H,47-66H2,1-6H3. The smallest absolute Gasteiger partial charge is 0.391 e. The van der Waals surface area contributed by atoms with Gasteiger partial charge >= 0.3 is 69.5 Å². The van der Waals surface area contributed by atoms with E-state index in [9.17, 15) is 4.12 Å². The molecule has 16 rings (SSSR count). The summed E-state index contributed by atoms with van der Waals surface area (Å²) in [6, 6.07) is 84.7. The summed E-state index contributed by atoms with van der Waals surface area (Å²) >= 11 is 0. The van der Waals surface area contributed by atoms with E-state index in [1.165, 1.54) is 0 Å². The zero-order valence-electron chi connectivity index (χ0n) is 65.1. The van der Waals surface area contributed by atoms with Crippen LogP contribution < -0.4 is 41.5 Å². The van der Waals surface area contributed by atoms with E-state index >= 15 is 0 Å². The highest BCUT2D eigenvalue weighted by atomic mass is 28.6. The van der Waals surface area contributed by atoms with Crippen LogP contribution in [0, 0.1) is 23.7 Å². The molecule has 4 aliphatic carbocycles. The number of fused-ring (bicyclic) bond motifs is 4. The molecule has 0 spiro atoms. The molecule has 0 N–H and O–H groups in total. The Morgan fingerprint density at radius 2 is 0.396 bits per heavy atom. The van der Waals surface area contributed by atoms with Gasteiger partial charge in [-0.25, -0.2) is 0 Å². The molecule has 8 fully saturated rings. The Balaban J connectivity index is 0.993. The summed E-state index contributed by atoms with van der Waals surface area (Å²) in [6.07, 6.45) is 15.6. The fourth-order valence-corrected chi connectivity index (χ4v) is 57.9. The Kier molecular flexibility index (Phi) is 25.1. The van der Waals surface area contributed by atoms with E-state index in [0.717, 1.165) is 119 Å².